The highest BCUT2D eigenvalue weighted by Crippen LogP contribution is 2.36. The van der Waals surface area contributed by atoms with E-state index < -0.39 is 53.0 Å². The normalized spacial score (nSPS) is 16.6. The second kappa shape index (κ2) is 9.89. The Bertz CT molecular complexity index is 582. The summed E-state index contributed by atoms with van der Waals surface area (Å²) in [6, 6.07) is 0. The zero-order chi connectivity index (χ0) is 22.4. The van der Waals surface area contributed by atoms with Gasteiger partial charge in [-0.2, -0.15) is 0 Å². The van der Waals surface area contributed by atoms with E-state index in [4.69, 9.17) is 0 Å². The van der Waals surface area contributed by atoms with Crippen LogP contribution in [0.5, 0.6) is 0 Å². The molecule has 0 heterocycles. The van der Waals surface area contributed by atoms with Gasteiger partial charge in [-0.1, -0.05) is 41.5 Å². The molecule has 0 saturated heterocycles. The van der Waals surface area contributed by atoms with Crippen LogP contribution >= 0.6 is 0 Å². The second-order valence-electron chi connectivity index (χ2n) is 9.83. The molecule has 0 bridgehead atoms. The second-order valence-corrected chi connectivity index (χ2v) is 9.83. The quantitative estimate of drug-likeness (QED) is 0.410. The van der Waals surface area contributed by atoms with Crippen LogP contribution in [0.3, 0.4) is 0 Å². The number of carboxylic acid groups (broad SMARTS) is 4. The van der Waals surface area contributed by atoms with Gasteiger partial charge >= 0.3 is 23.9 Å². The SMILES string of the molecule is CC(C)(C)CC(CC(CC(CC(C(=O)O)C(C)(C)C)C(=O)O)C(=O)O)C(=O)O. The molecule has 4 atom stereocenters. The van der Waals surface area contributed by atoms with E-state index >= 15 is 0 Å². The van der Waals surface area contributed by atoms with Gasteiger partial charge in [0.1, 0.15) is 0 Å². The zero-order valence-corrected chi connectivity index (χ0v) is 17.6. The summed E-state index contributed by atoms with van der Waals surface area (Å²) >= 11 is 0. The summed E-state index contributed by atoms with van der Waals surface area (Å²) in [4.78, 5) is 46.5. The van der Waals surface area contributed by atoms with E-state index in [1.165, 1.54) is 0 Å². The molecule has 0 saturated carbocycles. The first-order valence-electron chi connectivity index (χ1n) is 9.37. The van der Waals surface area contributed by atoms with Crippen molar-refractivity contribution in [3.63, 3.8) is 0 Å². The molecule has 0 radical (unpaired) electrons. The minimum absolute atomic E-state index is 0.195. The van der Waals surface area contributed by atoms with Crippen LogP contribution in [0.4, 0.5) is 0 Å². The molecule has 0 aromatic carbocycles. The van der Waals surface area contributed by atoms with Gasteiger partial charge in [-0.25, -0.2) is 0 Å². The predicted molar refractivity (Wildman–Crippen MR) is 102 cm³/mol. The first-order valence-corrected chi connectivity index (χ1v) is 9.37. The smallest absolute Gasteiger partial charge is 0.307 e. The van der Waals surface area contributed by atoms with E-state index in [2.05, 4.69) is 0 Å². The highest BCUT2D eigenvalue weighted by molar-refractivity contribution is 5.77. The molecule has 8 heteroatoms. The molecule has 0 aromatic heterocycles. The van der Waals surface area contributed by atoms with Crippen LogP contribution < -0.4 is 0 Å². The van der Waals surface area contributed by atoms with Crippen molar-refractivity contribution in [1.29, 1.82) is 0 Å². The maximum Gasteiger partial charge on any atom is 0.307 e. The third kappa shape index (κ3) is 9.19. The Hall–Kier alpha value is -2.12. The maximum atomic E-state index is 11.7. The molecular formula is C20H34O8. The maximum absolute atomic E-state index is 11.7. The summed E-state index contributed by atoms with van der Waals surface area (Å²) in [5, 5.41) is 38.0. The fourth-order valence-electron chi connectivity index (χ4n) is 3.40. The van der Waals surface area contributed by atoms with Crippen LogP contribution in [0.25, 0.3) is 0 Å². The van der Waals surface area contributed by atoms with E-state index in [0.29, 0.717) is 0 Å². The van der Waals surface area contributed by atoms with E-state index in [0.717, 1.165) is 0 Å². The number of hydrogen-bond acceptors (Lipinski definition) is 4. The van der Waals surface area contributed by atoms with Crippen molar-refractivity contribution in [2.75, 3.05) is 0 Å². The van der Waals surface area contributed by atoms with Crippen LogP contribution in [-0.4, -0.2) is 44.3 Å². The minimum Gasteiger partial charge on any atom is -0.481 e. The average molecular weight is 402 g/mol. The molecule has 0 spiro atoms. The molecule has 0 aliphatic rings. The standard InChI is InChI=1S/C20H34O8/c1-19(2,3)10-13(17(25)26)8-11(15(21)22)7-12(16(23)24)9-14(18(27)28)20(4,5)6/h11-14H,7-10H2,1-6H3,(H,21,22)(H,23,24)(H,25,26)(H,27,28). The molecule has 0 aliphatic heterocycles. The number of carbonyl (C=O) groups is 4. The first kappa shape index (κ1) is 25.9. The summed E-state index contributed by atoms with van der Waals surface area (Å²) < 4.78 is 0. The summed E-state index contributed by atoms with van der Waals surface area (Å²) in [5.74, 6) is -9.06. The summed E-state index contributed by atoms with van der Waals surface area (Å²) in [5.41, 5.74) is -1.03. The van der Waals surface area contributed by atoms with E-state index in [1.807, 2.05) is 20.8 Å². The van der Waals surface area contributed by atoms with Gasteiger partial charge in [0.05, 0.1) is 23.7 Å². The average Bonchev–Trinajstić information content (AvgIpc) is 2.45. The Morgan fingerprint density at radius 2 is 0.964 bits per heavy atom. The van der Waals surface area contributed by atoms with Gasteiger partial charge in [-0.15, -0.1) is 0 Å². The van der Waals surface area contributed by atoms with Crippen molar-refractivity contribution in [2.45, 2.75) is 67.2 Å². The third-order valence-corrected chi connectivity index (χ3v) is 4.91. The molecule has 0 amide bonds. The molecule has 162 valence electrons. The Morgan fingerprint density at radius 1 is 0.607 bits per heavy atom. The lowest BCUT2D eigenvalue weighted by atomic mass is 9.73. The molecule has 0 rings (SSSR count). The summed E-state index contributed by atoms with van der Waals surface area (Å²) in [7, 11) is 0. The van der Waals surface area contributed by atoms with Crippen LogP contribution in [0, 0.1) is 34.5 Å². The zero-order valence-electron chi connectivity index (χ0n) is 17.6. The highest BCUT2D eigenvalue weighted by atomic mass is 16.4. The van der Waals surface area contributed by atoms with Crippen molar-refractivity contribution >= 4 is 23.9 Å². The fourth-order valence-corrected chi connectivity index (χ4v) is 3.40. The van der Waals surface area contributed by atoms with Gasteiger partial charge in [0.25, 0.3) is 0 Å². The lowest BCUT2D eigenvalue weighted by Gasteiger charge is -2.30. The van der Waals surface area contributed by atoms with E-state index in [9.17, 15) is 39.6 Å². The Kier molecular flexibility index (Phi) is 9.14. The molecule has 0 aromatic rings. The van der Waals surface area contributed by atoms with Gasteiger partial charge in [0.15, 0.2) is 0 Å². The van der Waals surface area contributed by atoms with Crippen molar-refractivity contribution in [2.24, 2.45) is 34.5 Å². The summed E-state index contributed by atoms with van der Waals surface area (Å²) in [6.07, 6.45) is -0.462. The molecule has 4 unspecified atom stereocenters. The lowest BCUT2D eigenvalue weighted by molar-refractivity contribution is -0.150. The largest absolute Gasteiger partial charge is 0.481 e. The number of carboxylic acids is 4. The van der Waals surface area contributed by atoms with Gasteiger partial charge in [-0.05, 0) is 36.5 Å². The van der Waals surface area contributed by atoms with Crippen LogP contribution in [-0.2, 0) is 19.2 Å². The first-order chi connectivity index (χ1) is 12.5. The van der Waals surface area contributed by atoms with Crippen LogP contribution in [0.15, 0.2) is 0 Å². The Balaban J connectivity index is 5.54. The van der Waals surface area contributed by atoms with Crippen LogP contribution in [0.2, 0.25) is 0 Å². The summed E-state index contributed by atoms with van der Waals surface area (Å²) in [6.45, 7) is 10.6. The van der Waals surface area contributed by atoms with Gasteiger partial charge in [-0.3, -0.25) is 19.2 Å². The molecule has 28 heavy (non-hydrogen) atoms. The van der Waals surface area contributed by atoms with Gasteiger partial charge < -0.3 is 20.4 Å². The molecular weight excluding hydrogens is 368 g/mol. The topological polar surface area (TPSA) is 149 Å². The van der Waals surface area contributed by atoms with Crippen LogP contribution in [0.1, 0.15) is 67.2 Å². The monoisotopic (exact) mass is 402 g/mol. The Morgan fingerprint density at radius 3 is 1.25 bits per heavy atom. The number of hydrogen-bond donors (Lipinski definition) is 4. The lowest BCUT2D eigenvalue weighted by Crippen LogP contribution is -2.34. The van der Waals surface area contributed by atoms with Gasteiger partial charge in [0.2, 0.25) is 0 Å². The highest BCUT2D eigenvalue weighted by Gasteiger charge is 2.38. The third-order valence-electron chi connectivity index (χ3n) is 4.91. The molecule has 0 fully saturated rings. The number of rotatable bonds is 11. The van der Waals surface area contributed by atoms with E-state index in [-0.39, 0.29) is 31.1 Å². The minimum atomic E-state index is -1.27. The number of aliphatic carboxylic acids is 4. The van der Waals surface area contributed by atoms with Gasteiger partial charge in [0, 0.05) is 0 Å². The molecule has 0 aliphatic carbocycles. The van der Waals surface area contributed by atoms with Crippen molar-refractivity contribution in [3.8, 4) is 0 Å². The molecule has 4 N–H and O–H groups in total. The Labute approximate surface area is 165 Å². The van der Waals surface area contributed by atoms with Crippen molar-refractivity contribution < 1.29 is 39.6 Å². The predicted octanol–water partition coefficient (Wildman–Crippen LogP) is 3.44. The van der Waals surface area contributed by atoms with Crippen molar-refractivity contribution in [1.82, 2.24) is 0 Å². The fraction of sp³-hybridized carbons (Fsp3) is 0.800. The molecule has 8 nitrogen and oxygen atoms in total. The van der Waals surface area contributed by atoms with E-state index in [1.54, 1.807) is 20.8 Å². The van der Waals surface area contributed by atoms with Crippen molar-refractivity contribution in [3.05, 3.63) is 0 Å².